The highest BCUT2D eigenvalue weighted by Crippen LogP contribution is 2.13. The Balaban J connectivity index is 2.46. The molecule has 1 N–H and O–H groups in total. The van der Waals surface area contributed by atoms with Crippen molar-refractivity contribution in [3.05, 3.63) is 29.8 Å². The van der Waals surface area contributed by atoms with Crippen LogP contribution in [0.2, 0.25) is 0 Å². The van der Waals surface area contributed by atoms with Gasteiger partial charge in [0.05, 0.1) is 17.8 Å². The maximum Gasteiger partial charge on any atom is 0.251 e. The highest BCUT2D eigenvalue weighted by molar-refractivity contribution is 5.92. The number of anilines is 1. The van der Waals surface area contributed by atoms with E-state index in [-0.39, 0.29) is 25.4 Å². The molecule has 1 aromatic carbocycles. The van der Waals surface area contributed by atoms with Gasteiger partial charge in [0.15, 0.2) is 0 Å². The molecule has 0 aliphatic rings. The maximum absolute atomic E-state index is 12.1. The second kappa shape index (κ2) is 7.44. The van der Waals surface area contributed by atoms with E-state index in [4.69, 9.17) is 5.26 Å². The lowest BCUT2D eigenvalue weighted by Crippen LogP contribution is -2.28. The molecule has 1 aromatic rings. The quantitative estimate of drug-likeness (QED) is 0.858. The van der Waals surface area contributed by atoms with Gasteiger partial charge in [-0.1, -0.05) is 12.1 Å². The smallest absolute Gasteiger partial charge is 0.251 e. The van der Waals surface area contributed by atoms with E-state index in [0.29, 0.717) is 11.3 Å². The molecule has 0 atom stereocenters. The topological polar surface area (TPSA) is 56.1 Å². The zero-order chi connectivity index (χ0) is 14.3. The summed E-state index contributed by atoms with van der Waals surface area (Å²) in [7, 11) is 1.53. The van der Waals surface area contributed by atoms with Crippen LogP contribution in [0.4, 0.5) is 14.5 Å². The van der Waals surface area contributed by atoms with Gasteiger partial charge in [-0.2, -0.15) is 5.26 Å². The maximum atomic E-state index is 12.1. The van der Waals surface area contributed by atoms with Crippen molar-refractivity contribution >= 4 is 11.6 Å². The van der Waals surface area contributed by atoms with Crippen molar-refractivity contribution in [3.63, 3.8) is 0 Å². The minimum absolute atomic E-state index is 0.100. The van der Waals surface area contributed by atoms with Crippen molar-refractivity contribution in [2.45, 2.75) is 12.8 Å². The summed E-state index contributed by atoms with van der Waals surface area (Å²) in [6.45, 7) is -0.118. The van der Waals surface area contributed by atoms with E-state index in [1.54, 1.807) is 24.3 Å². The van der Waals surface area contributed by atoms with Crippen LogP contribution in [0.5, 0.6) is 0 Å². The number of alkyl halides is 2. The summed E-state index contributed by atoms with van der Waals surface area (Å²) < 4.78 is 24.2. The Kier molecular flexibility index (Phi) is 5.90. The van der Waals surface area contributed by atoms with Crippen LogP contribution in [0.25, 0.3) is 0 Å². The number of amides is 1. The van der Waals surface area contributed by atoms with E-state index in [9.17, 15) is 13.6 Å². The number of nitrogens with zero attached hydrogens (tertiary/aromatic N) is 2. The number of hydrogen-bond acceptors (Lipinski definition) is 3. The monoisotopic (exact) mass is 267 g/mol. The number of halogens is 2. The summed E-state index contributed by atoms with van der Waals surface area (Å²) in [5, 5.41) is 11.5. The van der Waals surface area contributed by atoms with E-state index >= 15 is 0 Å². The molecule has 4 nitrogen and oxygen atoms in total. The standard InChI is InChI=1S/C13H15F2N3O/c1-18(9-12(14)15)7-6-13(19)17-11-5-3-2-4-10(11)8-16/h2-5,12H,6-7,9H2,1H3,(H,17,19). The first-order valence-electron chi connectivity index (χ1n) is 5.78. The van der Waals surface area contributed by atoms with Crippen LogP contribution in [-0.4, -0.2) is 37.4 Å². The molecule has 1 rings (SSSR count). The van der Waals surface area contributed by atoms with E-state index in [1.165, 1.54) is 11.9 Å². The Hall–Kier alpha value is -2.00. The molecule has 19 heavy (non-hydrogen) atoms. The molecule has 6 heteroatoms. The van der Waals surface area contributed by atoms with E-state index in [0.717, 1.165) is 0 Å². The predicted molar refractivity (Wildman–Crippen MR) is 67.9 cm³/mol. The van der Waals surface area contributed by atoms with Crippen LogP contribution in [0.15, 0.2) is 24.3 Å². The van der Waals surface area contributed by atoms with Crippen molar-refractivity contribution < 1.29 is 13.6 Å². The first-order valence-corrected chi connectivity index (χ1v) is 5.78. The normalized spacial score (nSPS) is 10.5. The van der Waals surface area contributed by atoms with Gasteiger partial charge >= 0.3 is 0 Å². The Bertz CT molecular complexity index is 471. The molecule has 0 fully saturated rings. The Labute approximate surface area is 110 Å². The second-order valence-electron chi connectivity index (χ2n) is 4.11. The van der Waals surface area contributed by atoms with Crippen LogP contribution in [0.1, 0.15) is 12.0 Å². The summed E-state index contributed by atoms with van der Waals surface area (Å²) in [5.74, 6) is -0.302. The van der Waals surface area contributed by atoms with Crippen LogP contribution in [-0.2, 0) is 4.79 Å². The first kappa shape index (κ1) is 15.1. The number of benzene rings is 1. The number of para-hydroxylation sites is 1. The van der Waals surface area contributed by atoms with Crippen molar-refractivity contribution in [3.8, 4) is 6.07 Å². The van der Waals surface area contributed by atoms with Crippen molar-refractivity contribution in [2.75, 3.05) is 25.5 Å². The molecule has 0 unspecified atom stereocenters. The molecule has 0 aliphatic carbocycles. The van der Waals surface area contributed by atoms with Gasteiger partial charge in [0, 0.05) is 13.0 Å². The van der Waals surface area contributed by atoms with Gasteiger partial charge in [0.1, 0.15) is 6.07 Å². The lowest BCUT2D eigenvalue weighted by Gasteiger charge is -2.15. The Morgan fingerprint density at radius 2 is 2.16 bits per heavy atom. The number of rotatable bonds is 6. The minimum atomic E-state index is -2.41. The second-order valence-corrected chi connectivity index (χ2v) is 4.11. The highest BCUT2D eigenvalue weighted by atomic mass is 19.3. The van der Waals surface area contributed by atoms with E-state index in [2.05, 4.69) is 5.32 Å². The molecule has 102 valence electrons. The molecule has 0 aliphatic heterocycles. The van der Waals surface area contributed by atoms with Gasteiger partial charge < -0.3 is 10.2 Å². The third-order valence-corrected chi connectivity index (χ3v) is 2.49. The molecule has 1 amide bonds. The summed E-state index contributed by atoms with van der Waals surface area (Å²) in [6, 6.07) is 8.59. The summed E-state index contributed by atoms with van der Waals surface area (Å²) in [4.78, 5) is 13.0. The molecule has 0 heterocycles. The number of nitriles is 1. The third kappa shape index (κ3) is 5.44. The SMILES string of the molecule is CN(CCC(=O)Nc1ccccc1C#N)CC(F)F. The van der Waals surface area contributed by atoms with Crippen LogP contribution < -0.4 is 5.32 Å². The largest absolute Gasteiger partial charge is 0.325 e. The lowest BCUT2D eigenvalue weighted by atomic mass is 10.2. The fourth-order valence-electron chi connectivity index (χ4n) is 1.52. The molecular weight excluding hydrogens is 252 g/mol. The third-order valence-electron chi connectivity index (χ3n) is 2.49. The van der Waals surface area contributed by atoms with Gasteiger partial charge in [-0.3, -0.25) is 4.79 Å². The van der Waals surface area contributed by atoms with Gasteiger partial charge in [-0.25, -0.2) is 8.78 Å². The summed E-state index contributed by atoms with van der Waals surface area (Å²) >= 11 is 0. The molecule has 0 spiro atoms. The fourth-order valence-corrected chi connectivity index (χ4v) is 1.52. The molecule has 0 saturated carbocycles. The van der Waals surface area contributed by atoms with Gasteiger partial charge in [0.25, 0.3) is 6.43 Å². The molecule has 0 saturated heterocycles. The first-order chi connectivity index (χ1) is 9.02. The average molecular weight is 267 g/mol. The van der Waals surface area contributed by atoms with Crippen molar-refractivity contribution in [1.82, 2.24) is 4.90 Å². The zero-order valence-corrected chi connectivity index (χ0v) is 10.6. The Morgan fingerprint density at radius 3 is 2.79 bits per heavy atom. The van der Waals surface area contributed by atoms with Crippen molar-refractivity contribution in [2.24, 2.45) is 0 Å². The summed E-state index contributed by atoms with van der Waals surface area (Å²) in [5.41, 5.74) is 0.809. The molecule has 0 aromatic heterocycles. The van der Waals surface area contributed by atoms with Crippen molar-refractivity contribution in [1.29, 1.82) is 5.26 Å². The van der Waals surface area contributed by atoms with Gasteiger partial charge in [-0.05, 0) is 19.2 Å². The lowest BCUT2D eigenvalue weighted by molar-refractivity contribution is -0.116. The summed E-state index contributed by atoms with van der Waals surface area (Å²) in [6.07, 6.45) is -2.31. The number of hydrogen-bond donors (Lipinski definition) is 1. The Morgan fingerprint density at radius 1 is 1.47 bits per heavy atom. The average Bonchev–Trinajstić information content (AvgIpc) is 2.36. The van der Waals surface area contributed by atoms with Gasteiger partial charge in [0.2, 0.25) is 5.91 Å². The van der Waals surface area contributed by atoms with E-state index in [1.807, 2.05) is 6.07 Å². The highest BCUT2D eigenvalue weighted by Gasteiger charge is 2.10. The molecular formula is C13H15F2N3O. The number of carbonyl (C=O) groups is 1. The molecule has 0 bridgehead atoms. The van der Waals surface area contributed by atoms with Gasteiger partial charge in [-0.15, -0.1) is 0 Å². The minimum Gasteiger partial charge on any atom is -0.325 e. The zero-order valence-electron chi connectivity index (χ0n) is 10.6. The van der Waals surface area contributed by atoms with Crippen LogP contribution in [0, 0.1) is 11.3 Å². The number of carbonyl (C=O) groups excluding carboxylic acids is 1. The number of nitrogens with one attached hydrogen (secondary N) is 1. The van der Waals surface area contributed by atoms with E-state index < -0.39 is 6.43 Å². The van der Waals surface area contributed by atoms with Crippen LogP contribution >= 0.6 is 0 Å². The predicted octanol–water partition coefficient (Wildman–Crippen LogP) is 2.08. The fraction of sp³-hybridized carbons (Fsp3) is 0.385. The molecule has 0 radical (unpaired) electrons. The van der Waals surface area contributed by atoms with Crippen LogP contribution in [0.3, 0.4) is 0 Å².